The topological polar surface area (TPSA) is 48.3 Å². The molecule has 0 aromatic carbocycles. The molecule has 1 unspecified atom stereocenters. The van der Waals surface area contributed by atoms with Crippen molar-refractivity contribution >= 4 is 5.95 Å². The van der Waals surface area contributed by atoms with Gasteiger partial charge in [-0.3, -0.25) is 0 Å². The summed E-state index contributed by atoms with van der Waals surface area (Å²) in [6.45, 7) is 8.84. The van der Waals surface area contributed by atoms with E-state index in [-0.39, 0.29) is 5.60 Å². The van der Waals surface area contributed by atoms with E-state index in [9.17, 15) is 0 Å². The highest BCUT2D eigenvalue weighted by Crippen LogP contribution is 2.33. The fraction of sp³-hybridized carbons (Fsp3) is 0.800. The van der Waals surface area contributed by atoms with Crippen molar-refractivity contribution in [3.8, 4) is 0 Å². The number of hydrogen-bond acceptors (Lipinski definition) is 4. The highest BCUT2D eigenvalue weighted by Gasteiger charge is 2.30. The Morgan fingerprint density at radius 1 is 1.55 bits per heavy atom. The smallest absolute Gasteiger partial charge is 0.203 e. The Kier molecular flexibility index (Phi) is 5.05. The molecule has 2 rings (SSSR count). The lowest BCUT2D eigenvalue weighted by molar-refractivity contribution is -0.0688. The summed E-state index contributed by atoms with van der Waals surface area (Å²) in [7, 11) is 1.73. The molecule has 1 atom stereocenters. The molecule has 1 N–H and O–H groups in total. The summed E-state index contributed by atoms with van der Waals surface area (Å²) in [6, 6.07) is 0.463. The Morgan fingerprint density at radius 3 is 3.05 bits per heavy atom. The molecule has 114 valence electrons. The molecule has 1 aliphatic heterocycles. The molecule has 5 nitrogen and oxygen atoms in total. The van der Waals surface area contributed by atoms with Crippen molar-refractivity contribution in [3.63, 3.8) is 0 Å². The molecule has 1 fully saturated rings. The quantitative estimate of drug-likeness (QED) is 0.815. The first kappa shape index (κ1) is 15.3. The molecular weight excluding hydrogens is 254 g/mol. The van der Waals surface area contributed by atoms with Gasteiger partial charge in [-0.05, 0) is 40.0 Å². The highest BCUT2D eigenvalue weighted by molar-refractivity contribution is 5.29. The van der Waals surface area contributed by atoms with Gasteiger partial charge in [0.15, 0.2) is 0 Å². The van der Waals surface area contributed by atoms with E-state index >= 15 is 0 Å². The molecule has 0 aliphatic carbocycles. The molecule has 0 spiro atoms. The van der Waals surface area contributed by atoms with E-state index in [0.717, 1.165) is 50.7 Å². The van der Waals surface area contributed by atoms with Crippen LogP contribution in [0, 0.1) is 6.92 Å². The molecule has 0 bridgehead atoms. The molecule has 1 aromatic heterocycles. The van der Waals surface area contributed by atoms with Crippen molar-refractivity contribution in [3.05, 3.63) is 11.9 Å². The first-order valence-corrected chi connectivity index (χ1v) is 7.44. The van der Waals surface area contributed by atoms with Gasteiger partial charge in [-0.2, -0.15) is 0 Å². The van der Waals surface area contributed by atoms with E-state index in [1.54, 1.807) is 7.11 Å². The average Bonchev–Trinajstić information content (AvgIpc) is 2.75. The number of rotatable bonds is 6. The van der Waals surface area contributed by atoms with Crippen LogP contribution in [0.5, 0.6) is 0 Å². The van der Waals surface area contributed by atoms with E-state index in [2.05, 4.69) is 34.9 Å². The Balaban J connectivity index is 2.03. The number of methoxy groups -OCH3 is 1. The molecular formula is C15H27N3O2. The molecule has 2 heterocycles. The Morgan fingerprint density at radius 2 is 2.35 bits per heavy atom. The summed E-state index contributed by atoms with van der Waals surface area (Å²) in [5.74, 6) is 0.973. The fourth-order valence-electron chi connectivity index (χ4n) is 2.78. The maximum Gasteiger partial charge on any atom is 0.203 e. The normalized spacial score (nSPS) is 21.9. The Labute approximate surface area is 121 Å². The van der Waals surface area contributed by atoms with Crippen molar-refractivity contribution in [2.45, 2.75) is 51.7 Å². The third-order valence-corrected chi connectivity index (χ3v) is 3.73. The number of imidazole rings is 1. The summed E-state index contributed by atoms with van der Waals surface area (Å²) < 4.78 is 13.2. The second kappa shape index (κ2) is 6.59. The average molecular weight is 281 g/mol. The zero-order chi connectivity index (χ0) is 14.6. The zero-order valence-electron chi connectivity index (χ0n) is 13.1. The van der Waals surface area contributed by atoms with E-state index in [0.29, 0.717) is 6.04 Å². The van der Waals surface area contributed by atoms with Crippen LogP contribution in [0.2, 0.25) is 0 Å². The molecule has 1 aromatic rings. The van der Waals surface area contributed by atoms with Gasteiger partial charge in [-0.1, -0.05) is 0 Å². The van der Waals surface area contributed by atoms with Crippen LogP contribution in [-0.2, 0) is 9.47 Å². The zero-order valence-corrected chi connectivity index (χ0v) is 13.1. The monoisotopic (exact) mass is 281 g/mol. The third-order valence-electron chi connectivity index (χ3n) is 3.73. The number of nitrogens with zero attached hydrogens (tertiary/aromatic N) is 2. The van der Waals surface area contributed by atoms with Gasteiger partial charge < -0.3 is 19.4 Å². The van der Waals surface area contributed by atoms with Gasteiger partial charge in [0.05, 0.1) is 11.3 Å². The Hall–Kier alpha value is -1.07. The number of ether oxygens (including phenoxy) is 2. The molecule has 1 aliphatic rings. The predicted molar refractivity (Wildman–Crippen MR) is 80.2 cm³/mol. The van der Waals surface area contributed by atoms with E-state index in [1.807, 2.05) is 6.92 Å². The summed E-state index contributed by atoms with van der Waals surface area (Å²) in [4.78, 5) is 4.60. The molecule has 5 heteroatoms. The van der Waals surface area contributed by atoms with Crippen LogP contribution in [-0.4, -0.2) is 42.0 Å². The predicted octanol–water partition coefficient (Wildman–Crippen LogP) is 2.77. The lowest BCUT2D eigenvalue weighted by Crippen LogP contribution is -2.35. The third kappa shape index (κ3) is 3.96. The number of aromatic nitrogens is 2. The van der Waals surface area contributed by atoms with Crippen molar-refractivity contribution < 1.29 is 9.47 Å². The number of hydrogen-bond donors (Lipinski definition) is 1. The largest absolute Gasteiger partial charge is 0.385 e. The fourth-order valence-corrected chi connectivity index (χ4v) is 2.78. The van der Waals surface area contributed by atoms with Crippen LogP contribution in [0.3, 0.4) is 0 Å². The van der Waals surface area contributed by atoms with Gasteiger partial charge in [0.1, 0.15) is 0 Å². The van der Waals surface area contributed by atoms with Crippen LogP contribution in [0.4, 0.5) is 5.95 Å². The van der Waals surface area contributed by atoms with Gasteiger partial charge >= 0.3 is 0 Å². The van der Waals surface area contributed by atoms with E-state index in [1.165, 1.54) is 0 Å². The summed E-state index contributed by atoms with van der Waals surface area (Å²) >= 11 is 0. The van der Waals surface area contributed by atoms with Crippen molar-refractivity contribution in [2.75, 3.05) is 32.2 Å². The van der Waals surface area contributed by atoms with Gasteiger partial charge in [-0.15, -0.1) is 0 Å². The minimum Gasteiger partial charge on any atom is -0.385 e. The van der Waals surface area contributed by atoms with Gasteiger partial charge in [0, 0.05) is 39.1 Å². The number of nitrogens with one attached hydrogen (secondary N) is 1. The van der Waals surface area contributed by atoms with E-state index in [4.69, 9.17) is 9.47 Å². The van der Waals surface area contributed by atoms with Crippen LogP contribution in [0.25, 0.3) is 0 Å². The van der Waals surface area contributed by atoms with Crippen LogP contribution < -0.4 is 5.32 Å². The lowest BCUT2D eigenvalue weighted by Gasteiger charge is -2.36. The van der Waals surface area contributed by atoms with Crippen molar-refractivity contribution in [2.24, 2.45) is 0 Å². The maximum absolute atomic E-state index is 5.81. The standard InChI is InChI=1S/C15H27N3O2/c1-12-11-18(13-6-9-20-15(2,3)10-13)14(17-12)16-7-5-8-19-4/h11,13H,5-10H2,1-4H3,(H,16,17). The summed E-state index contributed by atoms with van der Waals surface area (Å²) in [6.07, 6.45) is 5.20. The summed E-state index contributed by atoms with van der Waals surface area (Å²) in [5.41, 5.74) is 1.01. The van der Waals surface area contributed by atoms with Gasteiger partial charge in [-0.25, -0.2) is 4.98 Å². The number of anilines is 1. The maximum atomic E-state index is 5.81. The van der Waals surface area contributed by atoms with Crippen LogP contribution in [0.1, 0.15) is 44.8 Å². The minimum atomic E-state index is -0.0472. The molecule has 20 heavy (non-hydrogen) atoms. The number of aryl methyl sites for hydroxylation is 1. The molecule has 1 saturated heterocycles. The van der Waals surface area contributed by atoms with Gasteiger partial charge in [0.2, 0.25) is 5.95 Å². The first-order valence-electron chi connectivity index (χ1n) is 7.44. The van der Waals surface area contributed by atoms with E-state index < -0.39 is 0 Å². The molecule has 0 radical (unpaired) electrons. The van der Waals surface area contributed by atoms with Crippen molar-refractivity contribution in [1.29, 1.82) is 0 Å². The minimum absolute atomic E-state index is 0.0472. The second-order valence-corrected chi connectivity index (χ2v) is 6.14. The molecule has 0 saturated carbocycles. The first-order chi connectivity index (χ1) is 9.52. The van der Waals surface area contributed by atoms with Crippen molar-refractivity contribution in [1.82, 2.24) is 9.55 Å². The summed E-state index contributed by atoms with van der Waals surface area (Å²) in [5, 5.41) is 3.42. The highest BCUT2D eigenvalue weighted by atomic mass is 16.5. The Bertz CT molecular complexity index is 429. The SMILES string of the molecule is COCCCNc1nc(C)cn1C1CCOC(C)(C)C1. The second-order valence-electron chi connectivity index (χ2n) is 6.14. The van der Waals surface area contributed by atoms with Crippen LogP contribution >= 0.6 is 0 Å². The molecule has 0 amide bonds. The van der Waals surface area contributed by atoms with Crippen LogP contribution in [0.15, 0.2) is 6.20 Å². The lowest BCUT2D eigenvalue weighted by atomic mass is 9.94. The van der Waals surface area contributed by atoms with Gasteiger partial charge in [0.25, 0.3) is 0 Å².